The van der Waals surface area contributed by atoms with Gasteiger partial charge in [0.1, 0.15) is 28.4 Å². The van der Waals surface area contributed by atoms with Crippen molar-refractivity contribution in [1.82, 2.24) is 4.57 Å². The summed E-state index contributed by atoms with van der Waals surface area (Å²) in [6.07, 6.45) is 0. The molecular formula is C54H32BNO3. The molecule has 59 heavy (non-hydrogen) atoms. The van der Waals surface area contributed by atoms with E-state index in [2.05, 4.69) is 180 Å². The van der Waals surface area contributed by atoms with E-state index in [1.165, 1.54) is 21.8 Å². The van der Waals surface area contributed by atoms with Crippen molar-refractivity contribution < 1.29 is 13.8 Å². The van der Waals surface area contributed by atoms with Crippen LogP contribution in [0.5, 0.6) is 17.2 Å². The molecule has 0 amide bonds. The predicted octanol–water partition coefficient (Wildman–Crippen LogP) is 13.0. The molecule has 4 nitrogen and oxygen atoms in total. The van der Waals surface area contributed by atoms with Gasteiger partial charge in [-0.05, 0) is 94.0 Å². The van der Waals surface area contributed by atoms with Crippen LogP contribution < -0.4 is 20.3 Å². The fourth-order valence-electron chi connectivity index (χ4n) is 9.66. The van der Waals surface area contributed by atoms with Crippen LogP contribution in [0.3, 0.4) is 0 Å². The smallest absolute Gasteiger partial charge is 0.434 e. The largest absolute Gasteiger partial charge is 0.551 e. The minimum absolute atomic E-state index is 0.319. The van der Waals surface area contributed by atoms with Crippen LogP contribution in [-0.4, -0.2) is 11.5 Å². The molecule has 9 aromatic carbocycles. The zero-order valence-electron chi connectivity index (χ0n) is 31.7. The Morgan fingerprint density at radius 1 is 0.373 bits per heavy atom. The van der Waals surface area contributed by atoms with Crippen LogP contribution in [0.25, 0.3) is 93.9 Å². The molecule has 0 aliphatic carbocycles. The molecule has 11 aromatic rings. The molecule has 0 fully saturated rings. The first-order chi connectivity index (χ1) is 29.2. The summed E-state index contributed by atoms with van der Waals surface area (Å²) in [5.74, 6) is 2.47. The second-order valence-electron chi connectivity index (χ2n) is 15.5. The molecule has 0 bridgehead atoms. The van der Waals surface area contributed by atoms with Gasteiger partial charge in [-0.15, -0.1) is 0 Å². The maximum Gasteiger partial charge on any atom is 0.434 e. The Labute approximate surface area is 340 Å². The van der Waals surface area contributed by atoms with Crippen LogP contribution in [0.4, 0.5) is 0 Å². The van der Waals surface area contributed by atoms with Crippen LogP contribution in [0.15, 0.2) is 199 Å². The quantitative estimate of drug-likeness (QED) is 0.168. The highest BCUT2D eigenvalue weighted by Gasteiger charge is 2.41. The van der Waals surface area contributed by atoms with E-state index in [4.69, 9.17) is 13.8 Å². The summed E-state index contributed by atoms with van der Waals surface area (Å²) in [5, 5.41) is 4.72. The molecule has 0 unspecified atom stereocenters. The van der Waals surface area contributed by atoms with Crippen molar-refractivity contribution in [1.29, 1.82) is 0 Å². The normalized spacial score (nSPS) is 12.6. The SMILES string of the molecule is c1ccc2c(c1)OB1c3ccc(-c4ccccc4-n4c5ccccc5c5ccccc54)cc3Oc3cc(-c4ccccc4-c4ccc5c(c4)oc4ccccc45)cc-2c31. The third-order valence-electron chi connectivity index (χ3n) is 12.3. The van der Waals surface area contributed by atoms with Crippen molar-refractivity contribution in [3.8, 4) is 67.4 Å². The number of furan rings is 1. The highest BCUT2D eigenvalue weighted by Crippen LogP contribution is 2.45. The maximum atomic E-state index is 7.07. The lowest BCUT2D eigenvalue weighted by atomic mass is 9.50. The number of hydrogen-bond acceptors (Lipinski definition) is 3. The molecule has 0 saturated carbocycles. The van der Waals surface area contributed by atoms with Gasteiger partial charge in [-0.1, -0.05) is 133 Å². The molecule has 0 radical (unpaired) electrons. The molecule has 2 aliphatic heterocycles. The molecule has 0 saturated heterocycles. The Morgan fingerprint density at radius 2 is 0.966 bits per heavy atom. The third-order valence-corrected chi connectivity index (χ3v) is 12.3. The van der Waals surface area contributed by atoms with Gasteiger partial charge in [0.2, 0.25) is 0 Å². The molecule has 0 spiro atoms. The Balaban J connectivity index is 0.966. The predicted molar refractivity (Wildman–Crippen MR) is 242 cm³/mol. The minimum Gasteiger partial charge on any atom is -0.551 e. The monoisotopic (exact) mass is 753 g/mol. The number of para-hydroxylation sites is 5. The van der Waals surface area contributed by atoms with E-state index >= 15 is 0 Å². The number of ether oxygens (including phenoxy) is 1. The van der Waals surface area contributed by atoms with Crippen LogP contribution in [0, 0.1) is 0 Å². The summed E-state index contributed by atoms with van der Waals surface area (Å²) in [5.41, 5.74) is 16.1. The van der Waals surface area contributed by atoms with Gasteiger partial charge in [-0.3, -0.25) is 0 Å². The van der Waals surface area contributed by atoms with Gasteiger partial charge in [-0.25, -0.2) is 0 Å². The highest BCUT2D eigenvalue weighted by atomic mass is 16.5. The number of nitrogens with zero attached hydrogens (tertiary/aromatic N) is 1. The summed E-state index contributed by atoms with van der Waals surface area (Å²) in [6, 6.07) is 68.8. The van der Waals surface area contributed by atoms with E-state index in [0.29, 0.717) is 0 Å². The highest BCUT2D eigenvalue weighted by molar-refractivity contribution is 6.84. The first-order valence-electron chi connectivity index (χ1n) is 20.1. The summed E-state index contributed by atoms with van der Waals surface area (Å²) < 4.78 is 22.7. The lowest BCUT2D eigenvalue weighted by Gasteiger charge is -2.33. The molecule has 274 valence electrons. The summed E-state index contributed by atoms with van der Waals surface area (Å²) in [4.78, 5) is 0. The third kappa shape index (κ3) is 4.79. The second-order valence-corrected chi connectivity index (χ2v) is 15.5. The van der Waals surface area contributed by atoms with Crippen LogP contribution in [-0.2, 0) is 0 Å². The van der Waals surface area contributed by atoms with E-state index in [-0.39, 0.29) is 6.92 Å². The molecule has 4 heterocycles. The molecule has 13 rings (SSSR count). The van der Waals surface area contributed by atoms with Gasteiger partial charge in [0.25, 0.3) is 0 Å². The van der Waals surface area contributed by atoms with Gasteiger partial charge >= 0.3 is 6.92 Å². The van der Waals surface area contributed by atoms with Crippen molar-refractivity contribution in [2.75, 3.05) is 0 Å². The first-order valence-corrected chi connectivity index (χ1v) is 20.1. The Hall–Kier alpha value is -7.76. The van der Waals surface area contributed by atoms with Crippen molar-refractivity contribution in [2.24, 2.45) is 0 Å². The minimum atomic E-state index is -0.319. The average Bonchev–Trinajstić information content (AvgIpc) is 3.84. The van der Waals surface area contributed by atoms with Gasteiger partial charge in [0, 0.05) is 43.6 Å². The lowest BCUT2D eigenvalue weighted by Crippen LogP contribution is -2.53. The van der Waals surface area contributed by atoms with E-state index in [0.717, 1.165) is 100 Å². The summed E-state index contributed by atoms with van der Waals surface area (Å²) >= 11 is 0. The second kappa shape index (κ2) is 12.4. The number of benzene rings is 9. The summed E-state index contributed by atoms with van der Waals surface area (Å²) in [6.45, 7) is -0.319. The Bertz CT molecular complexity index is 3490. The number of rotatable bonds is 4. The van der Waals surface area contributed by atoms with Gasteiger partial charge in [0.05, 0.1) is 16.7 Å². The Morgan fingerprint density at radius 3 is 1.78 bits per heavy atom. The number of fused-ring (bicyclic) bond motifs is 10. The zero-order valence-corrected chi connectivity index (χ0v) is 31.7. The van der Waals surface area contributed by atoms with Crippen LogP contribution >= 0.6 is 0 Å². The van der Waals surface area contributed by atoms with Crippen LogP contribution in [0.1, 0.15) is 0 Å². The number of hydrogen-bond donors (Lipinski definition) is 0. The molecule has 0 N–H and O–H groups in total. The standard InChI is InChI=1S/C54H32BNO3/c1-2-14-37(36(13-1)33-25-27-43-41-18-6-11-23-49(41)57-51(43)30-33)35-29-44-42-19-7-12-24-50(42)59-55-45-28-26-34(31-52(45)58-53(32-35)54(44)55)38-15-3-8-20-46(38)56-47-21-9-4-16-39(47)40-17-5-10-22-48(40)56/h1-32H. The lowest BCUT2D eigenvalue weighted by molar-refractivity contribution is 0.480. The fraction of sp³-hybridized carbons (Fsp3) is 0. The first kappa shape index (κ1) is 32.3. The van der Waals surface area contributed by atoms with Crippen molar-refractivity contribution >= 4 is 61.6 Å². The van der Waals surface area contributed by atoms with E-state index in [1.807, 2.05) is 18.2 Å². The van der Waals surface area contributed by atoms with Gasteiger partial charge in [0.15, 0.2) is 0 Å². The topological polar surface area (TPSA) is 36.5 Å². The van der Waals surface area contributed by atoms with Gasteiger partial charge in [-0.2, -0.15) is 0 Å². The van der Waals surface area contributed by atoms with Gasteiger partial charge < -0.3 is 18.4 Å². The van der Waals surface area contributed by atoms with E-state index in [1.54, 1.807) is 0 Å². The fourth-order valence-corrected chi connectivity index (χ4v) is 9.66. The molecule has 2 aromatic heterocycles. The molecular weight excluding hydrogens is 721 g/mol. The van der Waals surface area contributed by atoms with E-state index in [9.17, 15) is 0 Å². The summed E-state index contributed by atoms with van der Waals surface area (Å²) in [7, 11) is 0. The Kier molecular flexibility index (Phi) is 6.78. The van der Waals surface area contributed by atoms with Crippen molar-refractivity contribution in [3.63, 3.8) is 0 Å². The molecule has 2 aliphatic rings. The van der Waals surface area contributed by atoms with E-state index < -0.39 is 0 Å². The molecule has 5 heteroatoms. The van der Waals surface area contributed by atoms with Crippen molar-refractivity contribution in [2.45, 2.75) is 0 Å². The average molecular weight is 754 g/mol. The van der Waals surface area contributed by atoms with Crippen molar-refractivity contribution in [3.05, 3.63) is 194 Å². The molecule has 0 atom stereocenters. The zero-order chi connectivity index (χ0) is 38.6. The maximum absolute atomic E-state index is 7.07. The van der Waals surface area contributed by atoms with Crippen LogP contribution in [0.2, 0.25) is 0 Å². The number of aromatic nitrogens is 1.